The lowest BCUT2D eigenvalue weighted by Crippen LogP contribution is -2.35. The number of ether oxygens (including phenoxy) is 2. The van der Waals surface area contributed by atoms with Gasteiger partial charge in [0.1, 0.15) is 16.3 Å². The van der Waals surface area contributed by atoms with Gasteiger partial charge in [0, 0.05) is 35.7 Å². The molecular formula is C23H25N3O5S. The van der Waals surface area contributed by atoms with Crippen molar-refractivity contribution < 1.29 is 22.4 Å². The molecule has 0 amide bonds. The van der Waals surface area contributed by atoms with Crippen LogP contribution in [-0.4, -0.2) is 42.6 Å². The van der Waals surface area contributed by atoms with E-state index in [9.17, 15) is 8.42 Å². The van der Waals surface area contributed by atoms with Gasteiger partial charge in [0.15, 0.2) is 5.76 Å². The Morgan fingerprint density at radius 3 is 2.69 bits per heavy atom. The van der Waals surface area contributed by atoms with Crippen molar-refractivity contribution >= 4 is 10.0 Å². The third-order valence-corrected chi connectivity index (χ3v) is 8.34. The van der Waals surface area contributed by atoms with Gasteiger partial charge in [0.2, 0.25) is 15.9 Å². The molecule has 1 fully saturated rings. The van der Waals surface area contributed by atoms with Crippen LogP contribution in [0.2, 0.25) is 0 Å². The Kier molecular flexibility index (Phi) is 5.17. The average molecular weight is 456 g/mol. The molecule has 3 atom stereocenters. The van der Waals surface area contributed by atoms with E-state index < -0.39 is 10.0 Å². The van der Waals surface area contributed by atoms with Gasteiger partial charge in [-0.15, -0.1) is 0 Å². The van der Waals surface area contributed by atoms with E-state index in [0.717, 1.165) is 17.0 Å². The summed E-state index contributed by atoms with van der Waals surface area (Å²) < 4.78 is 46.3. The molecule has 3 aromatic rings. The summed E-state index contributed by atoms with van der Waals surface area (Å²) in [6, 6.07) is 12.9. The van der Waals surface area contributed by atoms with Crippen molar-refractivity contribution in [2.24, 2.45) is 11.8 Å². The number of pyridine rings is 1. The molecule has 0 N–H and O–H groups in total. The van der Waals surface area contributed by atoms with E-state index in [1.165, 1.54) is 0 Å². The number of benzene rings is 1. The second kappa shape index (κ2) is 7.90. The van der Waals surface area contributed by atoms with E-state index in [0.29, 0.717) is 37.1 Å². The van der Waals surface area contributed by atoms with Crippen molar-refractivity contribution in [3.05, 3.63) is 65.2 Å². The summed E-state index contributed by atoms with van der Waals surface area (Å²) >= 11 is 0. The minimum atomic E-state index is -3.84. The zero-order chi connectivity index (χ0) is 22.5. The molecule has 9 heteroatoms. The van der Waals surface area contributed by atoms with E-state index >= 15 is 0 Å². The van der Waals surface area contributed by atoms with E-state index in [1.807, 2.05) is 49.4 Å². The molecule has 2 aromatic heterocycles. The van der Waals surface area contributed by atoms with E-state index in [2.05, 4.69) is 10.1 Å². The molecule has 8 nitrogen and oxygen atoms in total. The number of hydrogen-bond acceptors (Lipinski definition) is 7. The van der Waals surface area contributed by atoms with Gasteiger partial charge in [0.25, 0.3) is 0 Å². The summed E-state index contributed by atoms with van der Waals surface area (Å²) in [7, 11) is -3.84. The zero-order valence-electron chi connectivity index (χ0n) is 18.2. The van der Waals surface area contributed by atoms with Gasteiger partial charge in [-0.3, -0.25) is 0 Å². The number of aromatic nitrogens is 2. The summed E-state index contributed by atoms with van der Waals surface area (Å²) in [5, 5.41) is 3.87. The molecule has 0 aliphatic carbocycles. The van der Waals surface area contributed by atoms with Crippen LogP contribution in [0.1, 0.15) is 28.8 Å². The lowest BCUT2D eigenvalue weighted by molar-refractivity contribution is 0.134. The maximum atomic E-state index is 13.8. The summed E-state index contributed by atoms with van der Waals surface area (Å²) in [6.45, 7) is 6.26. The Labute approximate surface area is 187 Å². The first-order valence-corrected chi connectivity index (χ1v) is 12.0. The molecule has 0 spiro atoms. The average Bonchev–Trinajstić information content (AvgIpc) is 3.33. The highest BCUT2D eigenvalue weighted by Gasteiger charge is 2.52. The minimum Gasteiger partial charge on any atom is -0.493 e. The fourth-order valence-electron chi connectivity index (χ4n) is 4.78. The van der Waals surface area contributed by atoms with Crippen LogP contribution in [0.4, 0.5) is 0 Å². The first-order chi connectivity index (χ1) is 15.4. The van der Waals surface area contributed by atoms with E-state index in [-0.39, 0.29) is 22.8 Å². The number of aryl methyl sites for hydroxylation is 3. The standard InChI is InChI=1S/C23H25N3O5S/c1-14-7-6-10-21(24-14)30-12-17-11-26(32(27,28)23-15(2)25-31-16(23)3)22-18-8-4-5-9-20(18)29-13-19(17)22/h4-10,17,19,22H,11-13H2,1-3H3/t17-,19-,22-/m0/s1. The van der Waals surface area contributed by atoms with Gasteiger partial charge in [-0.1, -0.05) is 29.4 Å². The van der Waals surface area contributed by atoms with Crippen LogP contribution in [0.15, 0.2) is 51.9 Å². The summed E-state index contributed by atoms with van der Waals surface area (Å²) in [5.74, 6) is 1.43. The molecule has 0 unspecified atom stereocenters. The molecule has 0 saturated carbocycles. The highest BCUT2D eigenvalue weighted by molar-refractivity contribution is 7.89. The Bertz CT molecular complexity index is 1240. The molecule has 2 aliphatic heterocycles. The van der Waals surface area contributed by atoms with Gasteiger partial charge >= 0.3 is 0 Å². The normalized spacial score (nSPS) is 22.8. The van der Waals surface area contributed by atoms with Gasteiger partial charge in [0.05, 0.1) is 19.3 Å². The highest BCUT2D eigenvalue weighted by atomic mass is 32.2. The Balaban J connectivity index is 1.51. The third kappa shape index (κ3) is 3.45. The number of nitrogens with zero attached hydrogens (tertiary/aromatic N) is 3. The fraction of sp³-hybridized carbons (Fsp3) is 0.391. The molecule has 0 bridgehead atoms. The second-order valence-corrected chi connectivity index (χ2v) is 10.2. The molecule has 1 saturated heterocycles. The van der Waals surface area contributed by atoms with E-state index in [1.54, 1.807) is 18.2 Å². The molecular weight excluding hydrogens is 430 g/mol. The minimum absolute atomic E-state index is 0.0510. The number of hydrogen-bond donors (Lipinski definition) is 0. The highest BCUT2D eigenvalue weighted by Crippen LogP contribution is 2.49. The van der Waals surface area contributed by atoms with Crippen LogP contribution >= 0.6 is 0 Å². The monoisotopic (exact) mass is 455 g/mol. The number of para-hydroxylation sites is 1. The number of rotatable bonds is 5. The SMILES string of the molecule is Cc1cccc(OC[C@@H]2CN(S(=O)(=O)c3c(C)noc3C)[C@H]3c4ccccc4OC[C@@H]23)n1. The predicted molar refractivity (Wildman–Crippen MR) is 116 cm³/mol. The molecule has 0 radical (unpaired) electrons. The lowest BCUT2D eigenvalue weighted by atomic mass is 9.86. The second-order valence-electron chi connectivity index (χ2n) is 8.37. The largest absolute Gasteiger partial charge is 0.493 e. The molecule has 5 rings (SSSR count). The first kappa shape index (κ1) is 21.0. The van der Waals surface area contributed by atoms with Gasteiger partial charge in [-0.2, -0.15) is 4.31 Å². The molecule has 32 heavy (non-hydrogen) atoms. The fourth-order valence-corrected chi connectivity index (χ4v) is 6.78. The summed E-state index contributed by atoms with van der Waals surface area (Å²) in [5.41, 5.74) is 2.10. The lowest BCUT2D eigenvalue weighted by Gasteiger charge is -2.33. The van der Waals surface area contributed by atoms with Crippen molar-refractivity contribution in [3.63, 3.8) is 0 Å². The predicted octanol–water partition coefficient (Wildman–Crippen LogP) is 3.44. The Morgan fingerprint density at radius 2 is 1.94 bits per heavy atom. The van der Waals surface area contributed by atoms with Crippen LogP contribution < -0.4 is 9.47 Å². The Hall–Kier alpha value is -2.91. The van der Waals surface area contributed by atoms with Crippen LogP contribution in [0.5, 0.6) is 11.6 Å². The summed E-state index contributed by atoms with van der Waals surface area (Å²) in [6.07, 6.45) is 0. The number of sulfonamides is 1. The molecule has 2 aliphatic rings. The molecule has 168 valence electrons. The van der Waals surface area contributed by atoms with Crippen molar-refractivity contribution in [1.82, 2.24) is 14.4 Å². The Morgan fingerprint density at radius 1 is 1.12 bits per heavy atom. The smallest absolute Gasteiger partial charge is 0.249 e. The van der Waals surface area contributed by atoms with Gasteiger partial charge < -0.3 is 14.0 Å². The van der Waals surface area contributed by atoms with Crippen molar-refractivity contribution in [1.29, 1.82) is 0 Å². The number of fused-ring (bicyclic) bond motifs is 3. The van der Waals surface area contributed by atoms with Crippen LogP contribution in [-0.2, 0) is 10.0 Å². The van der Waals surface area contributed by atoms with Crippen LogP contribution in [0.3, 0.4) is 0 Å². The quantitative estimate of drug-likeness (QED) is 0.582. The van der Waals surface area contributed by atoms with Gasteiger partial charge in [-0.25, -0.2) is 13.4 Å². The van der Waals surface area contributed by atoms with Crippen LogP contribution in [0.25, 0.3) is 0 Å². The van der Waals surface area contributed by atoms with Crippen molar-refractivity contribution in [3.8, 4) is 11.6 Å². The topological polar surface area (TPSA) is 94.8 Å². The third-order valence-electron chi connectivity index (χ3n) is 6.25. The van der Waals surface area contributed by atoms with Crippen LogP contribution in [0, 0.1) is 32.6 Å². The first-order valence-electron chi connectivity index (χ1n) is 10.6. The van der Waals surface area contributed by atoms with Crippen molar-refractivity contribution in [2.75, 3.05) is 19.8 Å². The summed E-state index contributed by atoms with van der Waals surface area (Å²) in [4.78, 5) is 4.54. The van der Waals surface area contributed by atoms with E-state index in [4.69, 9.17) is 14.0 Å². The zero-order valence-corrected chi connectivity index (χ0v) is 19.0. The van der Waals surface area contributed by atoms with Gasteiger partial charge in [-0.05, 0) is 32.9 Å². The molecule has 1 aromatic carbocycles. The van der Waals surface area contributed by atoms with Crippen molar-refractivity contribution in [2.45, 2.75) is 31.7 Å². The maximum absolute atomic E-state index is 13.8. The maximum Gasteiger partial charge on any atom is 0.249 e. The molecule has 4 heterocycles.